The summed E-state index contributed by atoms with van der Waals surface area (Å²) in [5.74, 6) is -0.703. The van der Waals surface area contributed by atoms with Crippen LogP contribution in [0.1, 0.15) is 66.7 Å². The molecule has 5 atom stereocenters. The zero-order chi connectivity index (χ0) is 19.1. The summed E-state index contributed by atoms with van der Waals surface area (Å²) in [6, 6.07) is -0.219. The van der Waals surface area contributed by atoms with E-state index in [1.54, 1.807) is 13.8 Å². The molecule has 0 radical (unpaired) electrons. The van der Waals surface area contributed by atoms with Crippen LogP contribution in [0.15, 0.2) is 0 Å². The van der Waals surface area contributed by atoms with Gasteiger partial charge in [-0.1, -0.05) is 27.2 Å². The Bertz CT molecular complexity index is 730. The van der Waals surface area contributed by atoms with Gasteiger partial charge in [-0.3, -0.25) is 4.79 Å². The van der Waals surface area contributed by atoms with Crippen LogP contribution < -0.4 is 0 Å². The average Bonchev–Trinajstić information content (AvgIpc) is 3.10. The summed E-state index contributed by atoms with van der Waals surface area (Å²) in [6.07, 6.45) is 3.05. The smallest absolute Gasteiger partial charge is 0.268 e. The molecule has 0 aromatic rings. The average molecular weight is 386 g/mol. The molecule has 2 heterocycles. The van der Waals surface area contributed by atoms with Crippen LogP contribution in [0.5, 0.6) is 0 Å². The maximum absolute atomic E-state index is 13.4. The maximum Gasteiger partial charge on any atom is 0.268 e. The third-order valence-electron chi connectivity index (χ3n) is 7.63. The number of hydrogen-bond donors (Lipinski definition) is 0. The van der Waals surface area contributed by atoms with E-state index in [2.05, 4.69) is 13.8 Å². The van der Waals surface area contributed by atoms with Crippen LogP contribution in [-0.4, -0.2) is 48.4 Å². The van der Waals surface area contributed by atoms with Crippen molar-refractivity contribution in [2.24, 2.45) is 16.7 Å². The molecule has 2 aliphatic carbocycles. The highest BCUT2D eigenvalue weighted by atomic mass is 32.2. The van der Waals surface area contributed by atoms with E-state index in [9.17, 15) is 13.2 Å². The molecular formula is C19H31NO5S. The molecule has 1 spiro atoms. The molecule has 7 heteroatoms. The third kappa shape index (κ3) is 2.29. The lowest BCUT2D eigenvalue weighted by Gasteiger charge is -2.37. The molecule has 0 N–H and O–H groups in total. The molecular weight excluding hydrogens is 354 g/mol. The van der Waals surface area contributed by atoms with Crippen molar-refractivity contribution in [1.82, 2.24) is 4.31 Å². The van der Waals surface area contributed by atoms with Gasteiger partial charge in [-0.25, -0.2) is 12.7 Å². The van der Waals surface area contributed by atoms with E-state index in [1.165, 1.54) is 4.31 Å². The molecule has 4 rings (SSSR count). The van der Waals surface area contributed by atoms with Gasteiger partial charge in [-0.05, 0) is 50.9 Å². The van der Waals surface area contributed by atoms with E-state index < -0.39 is 27.8 Å². The van der Waals surface area contributed by atoms with Gasteiger partial charge in [0.05, 0.1) is 17.9 Å². The third-order valence-corrected chi connectivity index (χ3v) is 9.54. The number of fused-ring (bicyclic) bond motifs is 1. The van der Waals surface area contributed by atoms with Gasteiger partial charge in [-0.15, -0.1) is 0 Å². The van der Waals surface area contributed by atoms with Crippen LogP contribution in [0.2, 0.25) is 0 Å². The molecule has 2 bridgehead atoms. The number of sulfonamides is 1. The Morgan fingerprint density at radius 1 is 1.19 bits per heavy atom. The Balaban J connectivity index is 1.68. The summed E-state index contributed by atoms with van der Waals surface area (Å²) < 4.78 is 39.2. The summed E-state index contributed by atoms with van der Waals surface area (Å²) in [4.78, 5) is 13.4. The standard InChI is InChI=1S/C19H31NO5S/c1-6-7-13-15(25-18(4,5)24-13)16(21)20-14-10-12-8-9-19(14,17(12,2)3)11-26(20,22)23/h12-15H,6-11H2,1-5H3/t12-,13+,14-,15-,19-/m1/s1. The van der Waals surface area contributed by atoms with E-state index in [-0.39, 0.29) is 28.7 Å². The minimum absolute atomic E-state index is 0.0467. The Hall–Kier alpha value is -0.660. The molecule has 2 saturated carbocycles. The highest BCUT2D eigenvalue weighted by Crippen LogP contribution is 2.70. The number of carbonyl (C=O) groups is 1. The topological polar surface area (TPSA) is 72.9 Å². The summed E-state index contributed by atoms with van der Waals surface area (Å²) >= 11 is 0. The molecule has 2 aliphatic heterocycles. The lowest BCUT2D eigenvalue weighted by atomic mass is 9.69. The number of amides is 1. The van der Waals surface area contributed by atoms with Crippen molar-refractivity contribution in [3.05, 3.63) is 0 Å². The van der Waals surface area contributed by atoms with Crippen LogP contribution in [-0.2, 0) is 24.3 Å². The van der Waals surface area contributed by atoms with Crippen molar-refractivity contribution >= 4 is 15.9 Å². The fourth-order valence-corrected chi connectivity index (χ4v) is 8.80. The lowest BCUT2D eigenvalue weighted by Crippen LogP contribution is -2.50. The van der Waals surface area contributed by atoms with E-state index >= 15 is 0 Å². The predicted octanol–water partition coefficient (Wildman–Crippen LogP) is 2.67. The lowest BCUT2D eigenvalue weighted by molar-refractivity contribution is -0.160. The minimum Gasteiger partial charge on any atom is -0.344 e. The first-order valence-electron chi connectivity index (χ1n) is 9.87. The van der Waals surface area contributed by atoms with Crippen molar-refractivity contribution in [3.63, 3.8) is 0 Å². The van der Waals surface area contributed by atoms with Gasteiger partial charge in [0.1, 0.15) is 0 Å². The van der Waals surface area contributed by atoms with Crippen LogP contribution in [0.3, 0.4) is 0 Å². The van der Waals surface area contributed by atoms with Gasteiger partial charge in [0, 0.05) is 5.41 Å². The first-order valence-corrected chi connectivity index (χ1v) is 11.5. The highest BCUT2D eigenvalue weighted by molar-refractivity contribution is 7.90. The SMILES string of the molecule is CCC[C@@H]1OC(C)(C)O[C@H]1C(=O)N1[C@@H]2C[C@H]3CC[C@]2(CS1(=O)=O)C3(C)C. The van der Waals surface area contributed by atoms with Crippen LogP contribution in [0, 0.1) is 16.7 Å². The number of hydrogen-bond acceptors (Lipinski definition) is 5. The molecule has 26 heavy (non-hydrogen) atoms. The number of rotatable bonds is 3. The van der Waals surface area contributed by atoms with Crippen molar-refractivity contribution in [2.45, 2.75) is 90.8 Å². The largest absolute Gasteiger partial charge is 0.344 e. The summed E-state index contributed by atoms with van der Waals surface area (Å²) in [5, 5.41) is 0. The van der Waals surface area contributed by atoms with Crippen molar-refractivity contribution in [3.8, 4) is 0 Å². The van der Waals surface area contributed by atoms with Crippen LogP contribution in [0.25, 0.3) is 0 Å². The van der Waals surface area contributed by atoms with Crippen LogP contribution >= 0.6 is 0 Å². The van der Waals surface area contributed by atoms with E-state index in [4.69, 9.17) is 9.47 Å². The number of ether oxygens (including phenoxy) is 2. The van der Waals surface area contributed by atoms with Crippen LogP contribution in [0.4, 0.5) is 0 Å². The Labute approximate surface area is 156 Å². The van der Waals surface area contributed by atoms with Gasteiger partial charge in [0.15, 0.2) is 11.9 Å². The van der Waals surface area contributed by atoms with E-state index in [1.807, 2.05) is 6.92 Å². The van der Waals surface area contributed by atoms with Gasteiger partial charge in [-0.2, -0.15) is 0 Å². The summed E-state index contributed by atoms with van der Waals surface area (Å²) in [5.41, 5.74) is -0.351. The molecule has 1 amide bonds. The van der Waals surface area contributed by atoms with Gasteiger partial charge >= 0.3 is 0 Å². The quantitative estimate of drug-likeness (QED) is 0.747. The second-order valence-corrected chi connectivity index (χ2v) is 11.5. The summed E-state index contributed by atoms with van der Waals surface area (Å²) in [6.45, 7) is 9.96. The molecule has 0 aromatic carbocycles. The fraction of sp³-hybridized carbons (Fsp3) is 0.947. The molecule has 4 aliphatic rings. The van der Waals surface area contributed by atoms with Gasteiger partial charge in [0.25, 0.3) is 5.91 Å². The second kappa shape index (κ2) is 5.45. The first-order chi connectivity index (χ1) is 12.0. The fourth-order valence-electron chi connectivity index (χ4n) is 6.24. The highest BCUT2D eigenvalue weighted by Gasteiger charge is 2.73. The van der Waals surface area contributed by atoms with E-state index in [0.29, 0.717) is 12.3 Å². The monoisotopic (exact) mass is 385 g/mol. The molecule has 6 nitrogen and oxygen atoms in total. The number of nitrogens with zero attached hydrogens (tertiary/aromatic N) is 1. The van der Waals surface area contributed by atoms with E-state index in [0.717, 1.165) is 25.7 Å². The molecule has 148 valence electrons. The van der Waals surface area contributed by atoms with Crippen molar-refractivity contribution in [1.29, 1.82) is 0 Å². The summed E-state index contributed by atoms with van der Waals surface area (Å²) in [7, 11) is -3.63. The van der Waals surface area contributed by atoms with Gasteiger partial charge < -0.3 is 9.47 Å². The minimum atomic E-state index is -3.63. The first kappa shape index (κ1) is 18.7. The van der Waals surface area contributed by atoms with Gasteiger partial charge in [0.2, 0.25) is 10.0 Å². The van der Waals surface area contributed by atoms with Crippen molar-refractivity contribution < 1.29 is 22.7 Å². The normalized spacial score (nSPS) is 44.4. The Kier molecular flexibility index (Phi) is 3.92. The molecule has 4 fully saturated rings. The zero-order valence-corrected chi connectivity index (χ0v) is 17.3. The maximum atomic E-state index is 13.4. The number of carbonyl (C=O) groups excluding carboxylic acids is 1. The predicted molar refractivity (Wildman–Crippen MR) is 96.7 cm³/mol. The molecule has 2 saturated heterocycles. The zero-order valence-electron chi connectivity index (χ0n) is 16.4. The Morgan fingerprint density at radius 3 is 2.50 bits per heavy atom. The molecule has 0 unspecified atom stereocenters. The molecule has 0 aromatic heterocycles. The second-order valence-electron chi connectivity index (χ2n) is 9.64. The van der Waals surface area contributed by atoms with Crippen molar-refractivity contribution in [2.75, 3.05) is 5.75 Å². The Morgan fingerprint density at radius 2 is 1.88 bits per heavy atom.